The van der Waals surface area contributed by atoms with E-state index in [9.17, 15) is 0 Å². The maximum atomic E-state index is 4.55. The molecule has 8 aromatic rings. The van der Waals surface area contributed by atoms with Gasteiger partial charge in [-0.05, 0) is 95.1 Å². The summed E-state index contributed by atoms with van der Waals surface area (Å²) in [5, 5.41) is 18.2. The Bertz CT molecular complexity index is 1840. The Labute approximate surface area is 260 Å². The molecule has 0 unspecified atom stereocenters. The average molecular weight is 585 g/mol. The van der Waals surface area contributed by atoms with Crippen LogP contribution in [0, 0.1) is 0 Å². The number of hydrogen-bond acceptors (Lipinski definition) is 4. The van der Waals surface area contributed by atoms with Crippen LogP contribution in [0.1, 0.15) is 22.3 Å². The summed E-state index contributed by atoms with van der Waals surface area (Å²) in [5.74, 6) is 0. The molecule has 0 bridgehead atoms. The van der Waals surface area contributed by atoms with Gasteiger partial charge in [-0.25, -0.2) is 18.7 Å². The maximum absolute atomic E-state index is 4.55. The highest BCUT2D eigenvalue weighted by Crippen LogP contribution is 2.47. The molecule has 0 fully saturated rings. The molecule has 0 saturated heterocycles. The highest BCUT2D eigenvalue weighted by molar-refractivity contribution is 5.64. The van der Waals surface area contributed by atoms with Crippen LogP contribution in [0.25, 0.3) is 22.7 Å². The first kappa shape index (κ1) is 26.4. The van der Waals surface area contributed by atoms with Gasteiger partial charge in [0.05, 0.1) is 28.2 Å². The van der Waals surface area contributed by atoms with E-state index < -0.39 is 5.41 Å². The van der Waals surface area contributed by atoms with Gasteiger partial charge in [0.2, 0.25) is 0 Å². The molecule has 0 aliphatic heterocycles. The quantitative estimate of drug-likeness (QED) is 0.184. The molecule has 8 rings (SSSR count). The van der Waals surface area contributed by atoms with Gasteiger partial charge in [0, 0.05) is 49.6 Å². The molecule has 0 spiro atoms. The summed E-state index contributed by atoms with van der Waals surface area (Å²) in [6.45, 7) is 0. The second-order valence-electron chi connectivity index (χ2n) is 10.8. The highest BCUT2D eigenvalue weighted by atomic mass is 15.3. The Morgan fingerprint density at radius 1 is 0.333 bits per heavy atom. The van der Waals surface area contributed by atoms with E-state index in [4.69, 9.17) is 0 Å². The minimum atomic E-state index is -0.765. The first-order chi connectivity index (χ1) is 22.3. The molecule has 4 aromatic heterocycles. The molecule has 0 amide bonds. The molecule has 0 aliphatic rings. The molecule has 0 saturated carbocycles. The molecule has 0 radical (unpaired) electrons. The van der Waals surface area contributed by atoms with Crippen molar-refractivity contribution in [3.8, 4) is 22.7 Å². The molecular formula is C37H28N8. The fourth-order valence-electron chi connectivity index (χ4n) is 6.21. The lowest BCUT2D eigenvalue weighted by Gasteiger charge is -2.37. The van der Waals surface area contributed by atoms with Crippen molar-refractivity contribution in [1.29, 1.82) is 0 Å². The first-order valence-corrected chi connectivity index (χ1v) is 14.7. The fraction of sp³-hybridized carbons (Fsp3) is 0.0270. The van der Waals surface area contributed by atoms with Crippen molar-refractivity contribution in [2.45, 2.75) is 5.41 Å². The molecule has 0 atom stereocenters. The zero-order valence-corrected chi connectivity index (χ0v) is 24.2. The third-order valence-electron chi connectivity index (χ3n) is 8.19. The average Bonchev–Trinajstić information content (AvgIpc) is 3.95. The van der Waals surface area contributed by atoms with Crippen molar-refractivity contribution in [3.63, 3.8) is 0 Å². The zero-order chi connectivity index (χ0) is 30.1. The molecule has 0 aliphatic carbocycles. The van der Waals surface area contributed by atoms with E-state index in [2.05, 4.69) is 117 Å². The van der Waals surface area contributed by atoms with Crippen LogP contribution in [-0.2, 0) is 5.41 Å². The first-order valence-electron chi connectivity index (χ1n) is 14.7. The lowest BCUT2D eigenvalue weighted by atomic mass is 9.65. The van der Waals surface area contributed by atoms with Crippen LogP contribution in [0.2, 0.25) is 0 Å². The lowest BCUT2D eigenvalue weighted by Crippen LogP contribution is -2.32. The van der Waals surface area contributed by atoms with Crippen molar-refractivity contribution < 1.29 is 0 Å². The molecular weight excluding hydrogens is 556 g/mol. The minimum Gasteiger partial charge on any atom is -0.241 e. The largest absolute Gasteiger partial charge is 0.241 e. The Hall–Kier alpha value is -6.28. The maximum Gasteiger partial charge on any atom is 0.0704 e. The van der Waals surface area contributed by atoms with E-state index >= 15 is 0 Å². The predicted molar refractivity (Wildman–Crippen MR) is 173 cm³/mol. The predicted octanol–water partition coefficient (Wildman–Crippen LogP) is 6.81. The van der Waals surface area contributed by atoms with Crippen LogP contribution in [-0.4, -0.2) is 39.1 Å². The third kappa shape index (κ3) is 4.65. The smallest absolute Gasteiger partial charge is 0.0704 e. The van der Waals surface area contributed by atoms with Gasteiger partial charge in [-0.3, -0.25) is 0 Å². The van der Waals surface area contributed by atoms with Crippen LogP contribution in [0.5, 0.6) is 0 Å². The standard InChI is InChI=1S/C37H28N8/c1-9-29(25-33(13-1)42-21-5-17-38-42)37(30-10-2-14-34(26-30)43-22-6-18-39-43,31-11-3-15-35(27-31)44-23-7-19-40-44)32-12-4-16-36(28-32)45-24-8-20-41-45/h1-28H. The van der Waals surface area contributed by atoms with Crippen LogP contribution >= 0.6 is 0 Å². The van der Waals surface area contributed by atoms with Crippen LogP contribution < -0.4 is 0 Å². The van der Waals surface area contributed by atoms with Crippen LogP contribution in [0.4, 0.5) is 0 Å². The van der Waals surface area contributed by atoms with Gasteiger partial charge in [-0.1, -0.05) is 48.5 Å². The van der Waals surface area contributed by atoms with E-state index in [-0.39, 0.29) is 0 Å². The van der Waals surface area contributed by atoms with Crippen molar-refractivity contribution in [2.24, 2.45) is 0 Å². The van der Waals surface area contributed by atoms with Gasteiger partial charge >= 0.3 is 0 Å². The topological polar surface area (TPSA) is 71.3 Å². The van der Waals surface area contributed by atoms with E-state index in [0.29, 0.717) is 0 Å². The van der Waals surface area contributed by atoms with Gasteiger partial charge in [0.25, 0.3) is 0 Å². The van der Waals surface area contributed by atoms with E-state index in [1.54, 1.807) is 24.8 Å². The van der Waals surface area contributed by atoms with Crippen LogP contribution in [0.15, 0.2) is 171 Å². The molecule has 4 aromatic carbocycles. The Kier molecular flexibility index (Phi) is 6.50. The minimum absolute atomic E-state index is 0.765. The Balaban J connectivity index is 1.47. The number of rotatable bonds is 8. The molecule has 4 heterocycles. The molecule has 45 heavy (non-hydrogen) atoms. The van der Waals surface area contributed by atoms with E-state index in [1.807, 2.05) is 67.8 Å². The monoisotopic (exact) mass is 584 g/mol. The summed E-state index contributed by atoms with van der Waals surface area (Å²) >= 11 is 0. The summed E-state index contributed by atoms with van der Waals surface area (Å²) in [6.07, 6.45) is 15.1. The normalized spacial score (nSPS) is 11.6. The zero-order valence-electron chi connectivity index (χ0n) is 24.2. The third-order valence-corrected chi connectivity index (χ3v) is 8.19. The summed E-state index contributed by atoms with van der Waals surface area (Å²) in [7, 11) is 0. The number of benzene rings is 4. The van der Waals surface area contributed by atoms with Crippen molar-refractivity contribution >= 4 is 0 Å². The number of hydrogen-bond donors (Lipinski definition) is 0. The Morgan fingerprint density at radius 2 is 0.600 bits per heavy atom. The summed E-state index contributed by atoms with van der Waals surface area (Å²) in [6, 6.07) is 42.2. The second-order valence-corrected chi connectivity index (χ2v) is 10.8. The second kappa shape index (κ2) is 11.1. The summed E-state index contributed by atoms with van der Waals surface area (Å²) < 4.78 is 7.59. The van der Waals surface area contributed by atoms with Crippen LogP contribution in [0.3, 0.4) is 0 Å². The molecule has 0 N–H and O–H groups in total. The molecule has 216 valence electrons. The Morgan fingerprint density at radius 3 is 0.822 bits per heavy atom. The van der Waals surface area contributed by atoms with Gasteiger partial charge < -0.3 is 0 Å². The summed E-state index contributed by atoms with van der Waals surface area (Å²) in [5.41, 5.74) is 7.46. The van der Waals surface area contributed by atoms with Gasteiger partial charge in [-0.15, -0.1) is 0 Å². The fourth-order valence-corrected chi connectivity index (χ4v) is 6.21. The number of aromatic nitrogens is 8. The summed E-state index contributed by atoms with van der Waals surface area (Å²) in [4.78, 5) is 0. The molecule has 8 nitrogen and oxygen atoms in total. The highest BCUT2D eigenvalue weighted by Gasteiger charge is 2.39. The lowest BCUT2D eigenvalue weighted by molar-refractivity contribution is 0.732. The van der Waals surface area contributed by atoms with Gasteiger partial charge in [0.1, 0.15) is 0 Å². The van der Waals surface area contributed by atoms with Gasteiger partial charge in [-0.2, -0.15) is 20.4 Å². The van der Waals surface area contributed by atoms with E-state index in [1.165, 1.54) is 0 Å². The van der Waals surface area contributed by atoms with E-state index in [0.717, 1.165) is 45.0 Å². The SMILES string of the molecule is c1cc(-n2cccn2)cc(C(c2cccc(-n3cccn3)c2)(c2cccc(-n3cccn3)c2)c2cccc(-n3cccn3)c2)c1. The van der Waals surface area contributed by atoms with Crippen molar-refractivity contribution in [2.75, 3.05) is 0 Å². The van der Waals surface area contributed by atoms with Crippen molar-refractivity contribution in [3.05, 3.63) is 193 Å². The van der Waals surface area contributed by atoms with Gasteiger partial charge in [0.15, 0.2) is 0 Å². The number of nitrogens with zero attached hydrogens (tertiary/aromatic N) is 8. The molecule has 8 heteroatoms. The van der Waals surface area contributed by atoms with Crippen molar-refractivity contribution in [1.82, 2.24) is 39.1 Å².